The van der Waals surface area contributed by atoms with Crippen molar-refractivity contribution >= 4 is 0 Å². The summed E-state index contributed by atoms with van der Waals surface area (Å²) in [4.78, 5) is 2.48. The molecule has 88 valence electrons. The molecule has 0 bridgehead atoms. The molecular formula is C12H30N2. The standard InChI is InChI=1S/C10H24N2.C2H6/c1-5-8-10(4)12(7-3)9-11-6-2;1-2/h10-11H,5-9H2,1-4H3;1-2H3. The van der Waals surface area contributed by atoms with Crippen LogP contribution in [0.1, 0.15) is 54.4 Å². The smallest absolute Gasteiger partial charge is 0.0482 e. The minimum Gasteiger partial charge on any atom is -0.305 e. The van der Waals surface area contributed by atoms with Crippen LogP contribution in [0.4, 0.5) is 0 Å². The molecule has 0 radical (unpaired) electrons. The average molecular weight is 202 g/mol. The Morgan fingerprint density at radius 1 is 1.14 bits per heavy atom. The van der Waals surface area contributed by atoms with E-state index in [1.165, 1.54) is 12.8 Å². The van der Waals surface area contributed by atoms with E-state index >= 15 is 0 Å². The molecule has 0 amide bonds. The van der Waals surface area contributed by atoms with Gasteiger partial charge in [-0.05, 0) is 26.4 Å². The fraction of sp³-hybridized carbons (Fsp3) is 1.00. The normalized spacial score (nSPS) is 12.2. The van der Waals surface area contributed by atoms with Crippen molar-refractivity contribution in [2.45, 2.75) is 60.4 Å². The Bertz CT molecular complexity index is 94.3. The van der Waals surface area contributed by atoms with Crippen LogP contribution in [0.5, 0.6) is 0 Å². The highest BCUT2D eigenvalue weighted by atomic mass is 15.2. The minimum atomic E-state index is 0.721. The molecule has 0 heterocycles. The zero-order valence-electron chi connectivity index (χ0n) is 11.1. The molecule has 0 rings (SSSR count). The van der Waals surface area contributed by atoms with E-state index in [2.05, 4.69) is 37.9 Å². The highest BCUT2D eigenvalue weighted by Gasteiger charge is 2.08. The lowest BCUT2D eigenvalue weighted by Gasteiger charge is -2.27. The van der Waals surface area contributed by atoms with Gasteiger partial charge in [-0.3, -0.25) is 4.90 Å². The summed E-state index contributed by atoms with van der Waals surface area (Å²) in [5.41, 5.74) is 0. The van der Waals surface area contributed by atoms with Crippen LogP contribution in [0.25, 0.3) is 0 Å². The molecule has 0 spiro atoms. The van der Waals surface area contributed by atoms with Crippen molar-refractivity contribution in [1.29, 1.82) is 0 Å². The Morgan fingerprint density at radius 2 is 1.71 bits per heavy atom. The van der Waals surface area contributed by atoms with E-state index in [-0.39, 0.29) is 0 Å². The van der Waals surface area contributed by atoms with Crippen LogP contribution in [-0.4, -0.2) is 30.7 Å². The van der Waals surface area contributed by atoms with Gasteiger partial charge >= 0.3 is 0 Å². The first-order chi connectivity index (χ1) is 6.76. The average Bonchev–Trinajstić information content (AvgIpc) is 2.22. The molecular weight excluding hydrogens is 172 g/mol. The van der Waals surface area contributed by atoms with E-state index < -0.39 is 0 Å². The fourth-order valence-electron chi connectivity index (χ4n) is 1.44. The fourth-order valence-corrected chi connectivity index (χ4v) is 1.44. The number of rotatable bonds is 7. The second kappa shape index (κ2) is 12.9. The molecule has 0 aromatic heterocycles. The quantitative estimate of drug-likeness (QED) is 0.638. The van der Waals surface area contributed by atoms with E-state index in [1.807, 2.05) is 13.8 Å². The molecule has 1 atom stereocenters. The highest BCUT2D eigenvalue weighted by Crippen LogP contribution is 2.04. The van der Waals surface area contributed by atoms with Gasteiger partial charge in [0.2, 0.25) is 0 Å². The van der Waals surface area contributed by atoms with Crippen LogP contribution in [0.3, 0.4) is 0 Å². The maximum atomic E-state index is 3.36. The molecule has 0 saturated carbocycles. The van der Waals surface area contributed by atoms with Gasteiger partial charge in [-0.25, -0.2) is 0 Å². The Hall–Kier alpha value is -0.0800. The molecule has 0 aliphatic heterocycles. The van der Waals surface area contributed by atoms with Crippen LogP contribution in [0, 0.1) is 0 Å². The van der Waals surface area contributed by atoms with Crippen molar-refractivity contribution in [2.24, 2.45) is 0 Å². The molecule has 0 aliphatic rings. The molecule has 0 aromatic carbocycles. The number of hydrogen-bond acceptors (Lipinski definition) is 2. The SMILES string of the molecule is CC.CCCC(C)N(CC)CNCC. The van der Waals surface area contributed by atoms with Crippen LogP contribution in [0.2, 0.25) is 0 Å². The van der Waals surface area contributed by atoms with Gasteiger partial charge in [0.1, 0.15) is 0 Å². The second-order valence-electron chi connectivity index (χ2n) is 3.30. The lowest BCUT2D eigenvalue weighted by atomic mass is 10.2. The predicted octanol–water partition coefficient (Wildman–Crippen LogP) is 3.09. The van der Waals surface area contributed by atoms with Crippen molar-refractivity contribution in [3.05, 3.63) is 0 Å². The molecule has 0 saturated heterocycles. The van der Waals surface area contributed by atoms with Gasteiger partial charge < -0.3 is 5.32 Å². The van der Waals surface area contributed by atoms with Gasteiger partial charge in [-0.15, -0.1) is 0 Å². The number of nitrogens with zero attached hydrogens (tertiary/aromatic N) is 1. The third kappa shape index (κ3) is 8.52. The Balaban J connectivity index is 0. The summed E-state index contributed by atoms with van der Waals surface area (Å²) in [5.74, 6) is 0. The van der Waals surface area contributed by atoms with Gasteiger partial charge in [0.15, 0.2) is 0 Å². The minimum absolute atomic E-state index is 0.721. The molecule has 1 unspecified atom stereocenters. The van der Waals surface area contributed by atoms with Crippen molar-refractivity contribution in [2.75, 3.05) is 19.8 Å². The summed E-state index contributed by atoms with van der Waals surface area (Å²) >= 11 is 0. The van der Waals surface area contributed by atoms with Crippen LogP contribution >= 0.6 is 0 Å². The van der Waals surface area contributed by atoms with Crippen LogP contribution in [0.15, 0.2) is 0 Å². The summed E-state index contributed by atoms with van der Waals surface area (Å²) in [6.07, 6.45) is 2.59. The highest BCUT2D eigenvalue weighted by molar-refractivity contribution is 4.63. The van der Waals surface area contributed by atoms with E-state index in [0.29, 0.717) is 0 Å². The topological polar surface area (TPSA) is 15.3 Å². The van der Waals surface area contributed by atoms with Gasteiger partial charge in [0.25, 0.3) is 0 Å². The van der Waals surface area contributed by atoms with Gasteiger partial charge in [-0.1, -0.05) is 41.0 Å². The Labute approximate surface area is 91.1 Å². The predicted molar refractivity (Wildman–Crippen MR) is 66.6 cm³/mol. The van der Waals surface area contributed by atoms with Gasteiger partial charge in [0, 0.05) is 12.7 Å². The maximum Gasteiger partial charge on any atom is 0.0482 e. The molecule has 0 fully saturated rings. The first-order valence-electron chi connectivity index (χ1n) is 6.20. The molecule has 2 nitrogen and oxygen atoms in total. The summed E-state index contributed by atoms with van der Waals surface area (Å²) in [6.45, 7) is 16.2. The lowest BCUT2D eigenvalue weighted by Crippen LogP contribution is -2.40. The molecule has 0 aromatic rings. The van der Waals surface area contributed by atoms with E-state index in [9.17, 15) is 0 Å². The van der Waals surface area contributed by atoms with Gasteiger partial charge in [0.05, 0.1) is 0 Å². The van der Waals surface area contributed by atoms with E-state index in [4.69, 9.17) is 0 Å². The van der Waals surface area contributed by atoms with Gasteiger partial charge in [-0.2, -0.15) is 0 Å². The van der Waals surface area contributed by atoms with Crippen molar-refractivity contribution in [1.82, 2.24) is 10.2 Å². The third-order valence-corrected chi connectivity index (χ3v) is 2.30. The zero-order valence-corrected chi connectivity index (χ0v) is 11.1. The first kappa shape index (κ1) is 16.4. The molecule has 14 heavy (non-hydrogen) atoms. The van der Waals surface area contributed by atoms with Crippen molar-refractivity contribution < 1.29 is 0 Å². The Kier molecular flexibility index (Phi) is 15.1. The second-order valence-corrected chi connectivity index (χ2v) is 3.30. The number of nitrogens with one attached hydrogen (secondary N) is 1. The molecule has 2 heteroatoms. The zero-order chi connectivity index (χ0) is 11.4. The monoisotopic (exact) mass is 202 g/mol. The third-order valence-electron chi connectivity index (χ3n) is 2.30. The van der Waals surface area contributed by atoms with Crippen molar-refractivity contribution in [3.63, 3.8) is 0 Å². The first-order valence-corrected chi connectivity index (χ1v) is 6.20. The lowest BCUT2D eigenvalue weighted by molar-refractivity contribution is 0.194. The largest absolute Gasteiger partial charge is 0.305 e. The van der Waals surface area contributed by atoms with E-state index in [1.54, 1.807) is 0 Å². The molecule has 0 aliphatic carbocycles. The van der Waals surface area contributed by atoms with Crippen LogP contribution in [-0.2, 0) is 0 Å². The summed E-state index contributed by atoms with van der Waals surface area (Å²) < 4.78 is 0. The van der Waals surface area contributed by atoms with E-state index in [0.717, 1.165) is 25.8 Å². The van der Waals surface area contributed by atoms with Crippen molar-refractivity contribution in [3.8, 4) is 0 Å². The summed E-state index contributed by atoms with van der Waals surface area (Å²) in [5, 5.41) is 3.36. The maximum absolute atomic E-state index is 3.36. The summed E-state index contributed by atoms with van der Waals surface area (Å²) in [6, 6.07) is 0.721. The number of hydrogen-bond donors (Lipinski definition) is 1. The van der Waals surface area contributed by atoms with Crippen LogP contribution < -0.4 is 5.32 Å². The molecule has 1 N–H and O–H groups in total. The summed E-state index contributed by atoms with van der Waals surface area (Å²) in [7, 11) is 0. The Morgan fingerprint density at radius 3 is 2.07 bits per heavy atom.